The molecule has 1 aliphatic heterocycles. The number of H-pyrrole nitrogens is 1. The number of hydrogen-bond donors (Lipinski definition) is 3. The van der Waals surface area contributed by atoms with E-state index in [1.54, 1.807) is 6.33 Å². The number of benzene rings is 2. The highest BCUT2D eigenvalue weighted by Gasteiger charge is 2.23. The lowest BCUT2D eigenvalue weighted by atomic mass is 10.2. The van der Waals surface area contributed by atoms with Crippen LogP contribution in [0.25, 0.3) is 21.9 Å². The van der Waals surface area contributed by atoms with E-state index >= 15 is 0 Å². The molecule has 1 fully saturated rings. The molecule has 0 radical (unpaired) electrons. The van der Waals surface area contributed by atoms with Crippen molar-refractivity contribution in [3.05, 3.63) is 53.8 Å². The van der Waals surface area contributed by atoms with Gasteiger partial charge in [-0.1, -0.05) is 11.6 Å². The fraction of sp³-hybridized carbons (Fsp3) is 0.190. The second kappa shape index (κ2) is 8.37. The first-order chi connectivity index (χ1) is 15.1. The van der Waals surface area contributed by atoms with Gasteiger partial charge in [-0.25, -0.2) is 9.97 Å². The van der Waals surface area contributed by atoms with Crippen molar-refractivity contribution in [1.29, 1.82) is 0 Å². The summed E-state index contributed by atoms with van der Waals surface area (Å²) in [6.07, 6.45) is 1.60. The lowest BCUT2D eigenvalue weighted by molar-refractivity contribution is 0.390. The summed E-state index contributed by atoms with van der Waals surface area (Å²) in [6.45, 7) is 3.19. The van der Waals surface area contributed by atoms with Crippen LogP contribution in [0.4, 0.5) is 17.2 Å². The molecule has 1 aliphatic rings. The predicted molar refractivity (Wildman–Crippen MR) is 132 cm³/mol. The van der Waals surface area contributed by atoms with Crippen LogP contribution < -0.4 is 15.1 Å². The third-order valence-corrected chi connectivity index (χ3v) is 6.26. The van der Waals surface area contributed by atoms with Gasteiger partial charge in [-0.15, -0.1) is 0 Å². The summed E-state index contributed by atoms with van der Waals surface area (Å²) in [7, 11) is 0. The number of thiocarbonyl (C=S) groups is 1. The van der Waals surface area contributed by atoms with Gasteiger partial charge in [0.05, 0.1) is 5.39 Å². The van der Waals surface area contributed by atoms with Crippen LogP contribution in [-0.2, 0) is 0 Å². The molecule has 3 heterocycles. The van der Waals surface area contributed by atoms with Gasteiger partial charge in [0, 0.05) is 65.3 Å². The van der Waals surface area contributed by atoms with E-state index in [-0.39, 0.29) is 0 Å². The summed E-state index contributed by atoms with van der Waals surface area (Å²) in [5.74, 6) is 0.918. The van der Waals surface area contributed by atoms with Crippen molar-refractivity contribution in [2.75, 3.05) is 41.2 Å². The first-order valence-corrected chi connectivity index (χ1v) is 11.0. The number of rotatable bonds is 3. The molecule has 5 rings (SSSR count). The Morgan fingerprint density at radius 1 is 1.00 bits per heavy atom. The van der Waals surface area contributed by atoms with Crippen LogP contribution in [0.5, 0.6) is 0 Å². The zero-order valence-corrected chi connectivity index (χ0v) is 18.7. The van der Waals surface area contributed by atoms with Crippen LogP contribution in [-0.4, -0.2) is 51.1 Å². The van der Waals surface area contributed by atoms with E-state index < -0.39 is 0 Å². The quantitative estimate of drug-likeness (QED) is 0.291. The maximum Gasteiger partial charge on any atom is 0.173 e. The number of halogens is 2. The lowest BCUT2D eigenvalue weighted by Crippen LogP contribution is -2.50. The van der Waals surface area contributed by atoms with E-state index in [4.69, 9.17) is 35.6 Å². The van der Waals surface area contributed by atoms with Gasteiger partial charge in [0.1, 0.15) is 17.8 Å². The van der Waals surface area contributed by atoms with E-state index in [1.165, 1.54) is 0 Å². The fourth-order valence-electron chi connectivity index (χ4n) is 3.86. The number of anilines is 3. The Hall–Kier alpha value is -2.81. The number of fused-ring (bicyclic) bond motifs is 3. The van der Waals surface area contributed by atoms with Gasteiger partial charge in [-0.2, -0.15) is 0 Å². The molecule has 0 spiro atoms. The van der Waals surface area contributed by atoms with Gasteiger partial charge in [0.15, 0.2) is 5.11 Å². The maximum atomic E-state index is 6.25. The van der Waals surface area contributed by atoms with E-state index in [2.05, 4.69) is 34.9 Å². The van der Waals surface area contributed by atoms with Gasteiger partial charge >= 0.3 is 0 Å². The van der Waals surface area contributed by atoms with Gasteiger partial charge in [-0.3, -0.25) is 4.84 Å². The second-order valence-corrected chi connectivity index (χ2v) is 8.32. The van der Waals surface area contributed by atoms with Crippen molar-refractivity contribution in [2.24, 2.45) is 0 Å². The fourth-order valence-corrected chi connectivity index (χ4v) is 4.46. The zero-order chi connectivity index (χ0) is 21.4. The molecule has 2 aromatic carbocycles. The molecule has 0 unspecified atom stereocenters. The minimum absolute atomic E-state index is 0.694. The normalized spacial score (nSPS) is 14.3. The van der Waals surface area contributed by atoms with Crippen molar-refractivity contribution in [2.45, 2.75) is 0 Å². The Bertz CT molecular complexity index is 1250. The summed E-state index contributed by atoms with van der Waals surface area (Å²) >= 11 is 17.5. The van der Waals surface area contributed by atoms with Crippen molar-refractivity contribution in [3.63, 3.8) is 0 Å². The molecule has 158 valence electrons. The lowest BCUT2D eigenvalue weighted by Gasteiger charge is -2.37. The Balaban J connectivity index is 1.32. The van der Waals surface area contributed by atoms with Crippen molar-refractivity contribution < 1.29 is 0 Å². The molecule has 1 saturated heterocycles. The molecule has 0 bridgehead atoms. The third kappa shape index (κ3) is 3.94. The van der Waals surface area contributed by atoms with Crippen LogP contribution in [0, 0.1) is 0 Å². The van der Waals surface area contributed by atoms with Crippen molar-refractivity contribution >= 4 is 79.8 Å². The molecular weight excluding hydrogens is 453 g/mol. The monoisotopic (exact) mass is 471 g/mol. The number of nitrogens with zero attached hydrogens (tertiary/aromatic N) is 4. The van der Waals surface area contributed by atoms with Crippen LogP contribution in [0.1, 0.15) is 0 Å². The minimum Gasteiger partial charge on any atom is -0.352 e. The molecule has 0 atom stereocenters. The average molecular weight is 472 g/mol. The second-order valence-electron chi connectivity index (χ2n) is 7.31. The number of aromatic nitrogens is 3. The minimum atomic E-state index is 0.694. The maximum absolute atomic E-state index is 6.25. The highest BCUT2D eigenvalue weighted by molar-refractivity contribution is 7.80. The van der Waals surface area contributed by atoms with Gasteiger partial charge in [0.2, 0.25) is 0 Å². The molecule has 4 aromatic rings. The summed E-state index contributed by atoms with van der Waals surface area (Å²) in [5, 5.41) is 6.73. The Morgan fingerprint density at radius 2 is 1.74 bits per heavy atom. The Kier molecular flexibility index (Phi) is 5.43. The highest BCUT2D eigenvalue weighted by Crippen LogP contribution is 2.33. The molecule has 10 heteroatoms. The summed E-state index contributed by atoms with van der Waals surface area (Å²) in [4.78, 5) is 19.4. The third-order valence-electron chi connectivity index (χ3n) is 5.44. The van der Waals surface area contributed by atoms with E-state index in [0.29, 0.717) is 10.1 Å². The van der Waals surface area contributed by atoms with E-state index in [0.717, 1.165) is 65.3 Å². The van der Waals surface area contributed by atoms with Crippen molar-refractivity contribution in [1.82, 2.24) is 19.9 Å². The van der Waals surface area contributed by atoms with E-state index in [9.17, 15) is 0 Å². The first-order valence-electron chi connectivity index (χ1n) is 9.82. The SMILES string of the molecule is S=C(Nc1ccc(NCl)cc1)N1CCN(c2ncnc3[nH]c4ccc(Cl)cc4c23)CC1. The summed E-state index contributed by atoms with van der Waals surface area (Å²) in [6, 6.07) is 13.5. The van der Waals surface area contributed by atoms with Crippen LogP contribution in [0.2, 0.25) is 5.02 Å². The Labute approximate surface area is 194 Å². The van der Waals surface area contributed by atoms with Crippen LogP contribution >= 0.6 is 35.6 Å². The molecule has 0 aliphatic carbocycles. The van der Waals surface area contributed by atoms with Crippen LogP contribution in [0.15, 0.2) is 48.8 Å². The number of piperazine rings is 1. The smallest absolute Gasteiger partial charge is 0.173 e. The zero-order valence-electron chi connectivity index (χ0n) is 16.4. The number of aromatic amines is 1. The topological polar surface area (TPSA) is 72.1 Å². The van der Waals surface area contributed by atoms with Gasteiger partial charge < -0.3 is 20.1 Å². The van der Waals surface area contributed by atoms with Crippen LogP contribution in [0.3, 0.4) is 0 Å². The molecule has 2 aromatic heterocycles. The molecular formula is C21H19Cl2N7S. The molecule has 3 N–H and O–H groups in total. The first kappa shape index (κ1) is 20.1. The average Bonchev–Trinajstić information content (AvgIpc) is 3.17. The summed E-state index contributed by atoms with van der Waals surface area (Å²) < 4.78 is 0. The largest absolute Gasteiger partial charge is 0.352 e. The van der Waals surface area contributed by atoms with Crippen molar-refractivity contribution in [3.8, 4) is 0 Å². The Morgan fingerprint density at radius 3 is 2.48 bits per heavy atom. The number of hydrogen-bond acceptors (Lipinski definition) is 5. The summed E-state index contributed by atoms with van der Waals surface area (Å²) in [5.41, 5.74) is 3.58. The van der Waals surface area contributed by atoms with Gasteiger partial charge in [-0.05, 0) is 54.7 Å². The van der Waals surface area contributed by atoms with Gasteiger partial charge in [0.25, 0.3) is 0 Å². The standard InChI is InChI=1S/C21H19Cl2N7S/c22-13-1-6-17-16(11-13)18-19(27-17)24-12-25-20(18)29-7-9-30(10-8-29)21(31)26-14-2-4-15(28-23)5-3-14/h1-6,11-12,28H,7-10H2,(H,26,31)(H,24,25,27). The molecule has 0 saturated carbocycles. The molecule has 31 heavy (non-hydrogen) atoms. The molecule has 0 amide bonds. The van der Waals surface area contributed by atoms with E-state index in [1.807, 2.05) is 42.5 Å². The highest BCUT2D eigenvalue weighted by atomic mass is 35.5. The number of nitrogens with one attached hydrogen (secondary N) is 3. The molecule has 7 nitrogen and oxygen atoms in total. The predicted octanol–water partition coefficient (Wildman–Crippen LogP) is 4.85.